The van der Waals surface area contributed by atoms with Crippen LogP contribution in [0.15, 0.2) is 28.7 Å². The second kappa shape index (κ2) is 7.50. The minimum atomic E-state index is -0.0616. The first kappa shape index (κ1) is 14.3. The van der Waals surface area contributed by atoms with E-state index in [1.165, 1.54) is 12.8 Å². The number of nitrogens with one attached hydrogen (secondary N) is 2. The molecule has 0 bridgehead atoms. The molecule has 1 saturated heterocycles. The second-order valence-corrected chi connectivity index (χ2v) is 5.67. The summed E-state index contributed by atoms with van der Waals surface area (Å²) in [7, 11) is 0. The zero-order chi connectivity index (χ0) is 13.5. The van der Waals surface area contributed by atoms with Gasteiger partial charge in [0.25, 0.3) is 5.91 Å². The first-order valence-corrected chi connectivity index (χ1v) is 7.39. The van der Waals surface area contributed by atoms with E-state index in [0.29, 0.717) is 11.7 Å². The van der Waals surface area contributed by atoms with E-state index in [1.807, 2.05) is 24.3 Å². The Hall–Kier alpha value is -1.07. The minimum absolute atomic E-state index is 0.0616. The van der Waals surface area contributed by atoms with Crippen LogP contribution >= 0.6 is 15.9 Å². The number of piperidine rings is 1. The summed E-state index contributed by atoms with van der Waals surface area (Å²) in [6, 6.07) is 7.45. The van der Waals surface area contributed by atoms with Gasteiger partial charge in [-0.1, -0.05) is 15.9 Å². The number of ether oxygens (including phenoxy) is 1. The van der Waals surface area contributed by atoms with Crippen LogP contribution < -0.4 is 15.4 Å². The maximum Gasteiger partial charge on any atom is 0.257 e. The highest BCUT2D eigenvalue weighted by molar-refractivity contribution is 9.10. The molecular formula is C14H19BrN2O2. The topological polar surface area (TPSA) is 50.4 Å². The molecule has 0 aliphatic carbocycles. The summed E-state index contributed by atoms with van der Waals surface area (Å²) in [6.45, 7) is 2.89. The zero-order valence-electron chi connectivity index (χ0n) is 10.8. The highest BCUT2D eigenvalue weighted by atomic mass is 79.9. The van der Waals surface area contributed by atoms with Gasteiger partial charge in [0, 0.05) is 11.0 Å². The summed E-state index contributed by atoms with van der Waals surface area (Å²) in [4.78, 5) is 11.7. The van der Waals surface area contributed by atoms with Gasteiger partial charge in [-0.3, -0.25) is 4.79 Å². The monoisotopic (exact) mass is 326 g/mol. The first-order valence-electron chi connectivity index (χ1n) is 6.60. The lowest BCUT2D eigenvalue weighted by molar-refractivity contribution is -0.123. The van der Waals surface area contributed by atoms with Crippen molar-refractivity contribution >= 4 is 21.8 Å². The maximum atomic E-state index is 11.7. The number of rotatable bonds is 5. The number of amides is 1. The molecule has 104 valence electrons. The molecule has 1 aliphatic rings. The lowest BCUT2D eigenvalue weighted by Gasteiger charge is -2.22. The molecule has 1 aromatic rings. The highest BCUT2D eigenvalue weighted by Gasteiger charge is 2.13. The van der Waals surface area contributed by atoms with Gasteiger partial charge in [0.1, 0.15) is 5.75 Å². The van der Waals surface area contributed by atoms with Crippen LogP contribution in [0.1, 0.15) is 12.8 Å². The Kier molecular flexibility index (Phi) is 5.66. The Bertz CT molecular complexity index is 402. The number of halogens is 1. The van der Waals surface area contributed by atoms with Crippen LogP contribution in [0.4, 0.5) is 0 Å². The summed E-state index contributed by atoms with van der Waals surface area (Å²) < 4.78 is 6.41. The molecular weight excluding hydrogens is 308 g/mol. The first-order chi connectivity index (χ1) is 9.24. The van der Waals surface area contributed by atoms with Gasteiger partial charge in [0.05, 0.1) is 0 Å². The molecule has 1 unspecified atom stereocenters. The third-order valence-corrected chi connectivity index (χ3v) is 3.70. The second-order valence-electron chi connectivity index (χ2n) is 4.76. The Morgan fingerprint density at radius 3 is 2.89 bits per heavy atom. The third kappa shape index (κ3) is 5.20. The molecule has 0 radical (unpaired) electrons. The van der Waals surface area contributed by atoms with Gasteiger partial charge < -0.3 is 15.4 Å². The summed E-state index contributed by atoms with van der Waals surface area (Å²) in [6.07, 6.45) is 2.37. The Balaban J connectivity index is 1.65. The minimum Gasteiger partial charge on any atom is -0.484 e. The van der Waals surface area contributed by atoms with E-state index >= 15 is 0 Å². The van der Waals surface area contributed by atoms with Crippen molar-refractivity contribution < 1.29 is 9.53 Å². The predicted octanol–water partition coefficient (Wildman–Crippen LogP) is 1.94. The van der Waals surface area contributed by atoms with Crippen molar-refractivity contribution in [3.05, 3.63) is 28.7 Å². The Morgan fingerprint density at radius 1 is 1.42 bits per heavy atom. The van der Waals surface area contributed by atoms with E-state index in [1.54, 1.807) is 0 Å². The largest absolute Gasteiger partial charge is 0.484 e. The fourth-order valence-corrected chi connectivity index (χ4v) is 2.35. The average molecular weight is 327 g/mol. The standard InChI is InChI=1S/C14H19BrN2O2/c15-12-3-5-13(6-4-12)19-10-14(18)17-9-11-2-1-7-16-8-11/h3-6,11,16H,1-2,7-10H2,(H,17,18). The molecule has 1 fully saturated rings. The molecule has 19 heavy (non-hydrogen) atoms. The quantitative estimate of drug-likeness (QED) is 0.869. The molecule has 4 nitrogen and oxygen atoms in total. The van der Waals surface area contributed by atoms with Gasteiger partial charge >= 0.3 is 0 Å². The van der Waals surface area contributed by atoms with Crippen LogP contribution in [0.2, 0.25) is 0 Å². The number of benzene rings is 1. The lowest BCUT2D eigenvalue weighted by Crippen LogP contribution is -2.39. The summed E-state index contributed by atoms with van der Waals surface area (Å²) in [5, 5.41) is 6.26. The van der Waals surface area contributed by atoms with Crippen molar-refractivity contribution in [2.24, 2.45) is 5.92 Å². The van der Waals surface area contributed by atoms with Crippen LogP contribution in [-0.4, -0.2) is 32.1 Å². The summed E-state index contributed by atoms with van der Waals surface area (Å²) >= 11 is 3.35. The number of hydrogen-bond donors (Lipinski definition) is 2. The molecule has 1 aliphatic heterocycles. The summed E-state index contributed by atoms with van der Waals surface area (Å²) in [5.41, 5.74) is 0. The van der Waals surface area contributed by atoms with Crippen molar-refractivity contribution in [3.63, 3.8) is 0 Å². The van der Waals surface area contributed by atoms with Crippen LogP contribution in [0.5, 0.6) is 5.75 Å². The molecule has 2 N–H and O–H groups in total. The number of hydrogen-bond acceptors (Lipinski definition) is 3. The fraction of sp³-hybridized carbons (Fsp3) is 0.500. The highest BCUT2D eigenvalue weighted by Crippen LogP contribution is 2.15. The maximum absolute atomic E-state index is 11.7. The summed E-state index contributed by atoms with van der Waals surface area (Å²) in [5.74, 6) is 1.19. The van der Waals surface area contributed by atoms with Crippen LogP contribution in [0, 0.1) is 5.92 Å². The van der Waals surface area contributed by atoms with Gasteiger partial charge in [0.15, 0.2) is 6.61 Å². The van der Waals surface area contributed by atoms with Gasteiger partial charge in [-0.15, -0.1) is 0 Å². The SMILES string of the molecule is O=C(COc1ccc(Br)cc1)NCC1CCCNC1. The molecule has 0 aromatic heterocycles. The number of carbonyl (C=O) groups is 1. The predicted molar refractivity (Wildman–Crippen MR) is 78.2 cm³/mol. The van der Waals surface area contributed by atoms with Gasteiger partial charge in [-0.05, 0) is 56.1 Å². The van der Waals surface area contributed by atoms with E-state index in [4.69, 9.17) is 4.74 Å². The Morgan fingerprint density at radius 2 is 2.21 bits per heavy atom. The molecule has 1 aromatic carbocycles. The molecule has 5 heteroatoms. The van der Waals surface area contributed by atoms with Crippen LogP contribution in [0.25, 0.3) is 0 Å². The lowest BCUT2D eigenvalue weighted by atomic mass is 10.00. The molecule has 0 saturated carbocycles. The molecule has 1 amide bonds. The fourth-order valence-electron chi connectivity index (χ4n) is 2.09. The molecule has 1 atom stereocenters. The van der Waals surface area contributed by atoms with Gasteiger partial charge in [-0.2, -0.15) is 0 Å². The van der Waals surface area contributed by atoms with E-state index in [9.17, 15) is 4.79 Å². The van der Waals surface area contributed by atoms with Crippen LogP contribution in [0.3, 0.4) is 0 Å². The Labute approximate surface area is 122 Å². The van der Waals surface area contributed by atoms with Crippen LogP contribution in [-0.2, 0) is 4.79 Å². The van der Waals surface area contributed by atoms with Gasteiger partial charge in [0.2, 0.25) is 0 Å². The average Bonchev–Trinajstić information content (AvgIpc) is 2.45. The smallest absolute Gasteiger partial charge is 0.257 e. The van der Waals surface area contributed by atoms with E-state index < -0.39 is 0 Å². The van der Waals surface area contributed by atoms with Crippen molar-refractivity contribution in [2.75, 3.05) is 26.2 Å². The van der Waals surface area contributed by atoms with E-state index in [0.717, 1.165) is 24.1 Å². The van der Waals surface area contributed by atoms with Gasteiger partial charge in [-0.25, -0.2) is 0 Å². The van der Waals surface area contributed by atoms with E-state index in [2.05, 4.69) is 26.6 Å². The normalized spacial score (nSPS) is 18.9. The zero-order valence-corrected chi connectivity index (χ0v) is 12.4. The molecule has 1 heterocycles. The van der Waals surface area contributed by atoms with Crippen molar-refractivity contribution in [3.8, 4) is 5.75 Å². The van der Waals surface area contributed by atoms with Crippen molar-refractivity contribution in [2.45, 2.75) is 12.8 Å². The third-order valence-electron chi connectivity index (χ3n) is 3.17. The van der Waals surface area contributed by atoms with Crippen molar-refractivity contribution in [1.82, 2.24) is 10.6 Å². The number of carbonyl (C=O) groups excluding carboxylic acids is 1. The molecule has 2 rings (SSSR count). The van der Waals surface area contributed by atoms with Crippen molar-refractivity contribution in [1.29, 1.82) is 0 Å². The van der Waals surface area contributed by atoms with E-state index in [-0.39, 0.29) is 12.5 Å². The molecule has 0 spiro atoms.